The summed E-state index contributed by atoms with van der Waals surface area (Å²) in [6.45, 7) is 9.71. The van der Waals surface area contributed by atoms with Crippen LogP contribution < -0.4 is 31.8 Å². The zero-order valence-electron chi connectivity index (χ0n) is 29.6. The number of aromatic nitrogens is 3. The molecule has 1 atom stereocenters. The van der Waals surface area contributed by atoms with Crippen molar-refractivity contribution in [2.75, 3.05) is 36.8 Å². The summed E-state index contributed by atoms with van der Waals surface area (Å²) in [6.07, 6.45) is 11.3. The van der Waals surface area contributed by atoms with E-state index in [9.17, 15) is 9.90 Å². The molecule has 6 heterocycles. The number of hydrogen-bond acceptors (Lipinski definition) is 8. The molecule has 0 bridgehead atoms. The van der Waals surface area contributed by atoms with Gasteiger partial charge in [-0.15, -0.1) is 0 Å². The Balaban J connectivity index is 1.02. The second-order valence-electron chi connectivity index (χ2n) is 14.0. The van der Waals surface area contributed by atoms with Gasteiger partial charge in [-0.3, -0.25) is 14.7 Å². The van der Waals surface area contributed by atoms with Crippen LogP contribution in [-0.2, 0) is 17.9 Å². The molecular weight excluding hydrogens is 761 g/mol. The molecule has 52 heavy (non-hydrogen) atoms. The number of nitrogens with zero attached hydrogens (tertiary/aromatic N) is 5. The van der Waals surface area contributed by atoms with Gasteiger partial charge < -0.3 is 5.11 Å². The monoisotopic (exact) mass is 804 g/mol. The number of carboxylic acid groups (broad SMARTS) is 1. The van der Waals surface area contributed by atoms with E-state index >= 15 is 0 Å². The number of anilines is 3. The van der Waals surface area contributed by atoms with Crippen molar-refractivity contribution >= 4 is 45.8 Å². The Labute approximate surface area is 315 Å². The molecule has 8 rings (SSSR count). The molecule has 3 N–H and O–H groups in total. The number of fused-ring (bicyclic) bond motifs is 2. The predicted molar refractivity (Wildman–Crippen MR) is 205 cm³/mol. The van der Waals surface area contributed by atoms with Crippen LogP contribution in [0.15, 0.2) is 81.4 Å². The molecule has 0 saturated carbocycles. The van der Waals surface area contributed by atoms with Crippen LogP contribution >= 0.6 is 0 Å². The molecule has 10 heteroatoms. The van der Waals surface area contributed by atoms with Crippen LogP contribution in [0, 0.1) is 19.8 Å². The third-order valence-corrected chi connectivity index (χ3v) is 12.2. The minimum atomic E-state index is -0.712. The van der Waals surface area contributed by atoms with Gasteiger partial charge in [-0.25, -0.2) is 0 Å². The zero-order chi connectivity index (χ0) is 35.6. The van der Waals surface area contributed by atoms with Crippen LogP contribution in [0.2, 0.25) is 0 Å². The Kier molecular flexibility index (Phi) is 10.0. The Morgan fingerprint density at radius 3 is 2.33 bits per heavy atom. The van der Waals surface area contributed by atoms with E-state index in [0.29, 0.717) is 25.3 Å². The van der Waals surface area contributed by atoms with E-state index in [1.165, 1.54) is 48.2 Å². The number of rotatable bonds is 10. The van der Waals surface area contributed by atoms with Crippen LogP contribution in [0.5, 0.6) is 0 Å². The molecule has 3 aromatic heterocycles. The van der Waals surface area contributed by atoms with Crippen molar-refractivity contribution in [3.8, 4) is 11.1 Å². The Morgan fingerprint density at radius 2 is 1.58 bits per heavy atom. The molecule has 0 aliphatic carbocycles. The van der Waals surface area contributed by atoms with Gasteiger partial charge in [-0.1, -0.05) is 0 Å². The van der Waals surface area contributed by atoms with Gasteiger partial charge in [0.25, 0.3) is 0 Å². The molecule has 9 nitrogen and oxygen atoms in total. The van der Waals surface area contributed by atoms with Gasteiger partial charge in [0.2, 0.25) is 0 Å². The van der Waals surface area contributed by atoms with Crippen molar-refractivity contribution in [3.63, 3.8) is 0 Å². The maximum atomic E-state index is 11.4. The van der Waals surface area contributed by atoms with Gasteiger partial charge in [-0.05, 0) is 30.7 Å². The number of likely N-dealkylation sites (tertiary alicyclic amines) is 2. The first-order valence-electron chi connectivity index (χ1n) is 18.0. The topological polar surface area (TPSA) is 107 Å². The van der Waals surface area contributed by atoms with Crippen molar-refractivity contribution in [1.29, 1.82) is 0 Å². The van der Waals surface area contributed by atoms with Crippen molar-refractivity contribution in [2.24, 2.45) is 5.92 Å². The predicted octanol–water partition coefficient (Wildman–Crippen LogP) is 5.04. The van der Waals surface area contributed by atoms with E-state index in [-0.39, 0.29) is 27.1 Å². The molecule has 0 amide bonds. The van der Waals surface area contributed by atoms with Crippen molar-refractivity contribution in [2.45, 2.75) is 46.2 Å². The number of pyridine rings is 3. The fraction of sp³-hybridized carbons (Fsp3) is 0.286. The van der Waals surface area contributed by atoms with E-state index in [1.54, 1.807) is 0 Å². The van der Waals surface area contributed by atoms with Gasteiger partial charge in [0.15, 0.2) is 0 Å². The third kappa shape index (κ3) is 7.33. The first-order valence-corrected chi connectivity index (χ1v) is 20.5. The molecular formula is C42H43IN7O2-. The summed E-state index contributed by atoms with van der Waals surface area (Å²) in [4.78, 5) is 30.6. The van der Waals surface area contributed by atoms with E-state index in [0.717, 1.165) is 63.4 Å². The summed E-state index contributed by atoms with van der Waals surface area (Å²) >= 11 is -0.239. The number of carbonyl (C=O) groups is 1. The van der Waals surface area contributed by atoms with E-state index in [1.807, 2.05) is 18.5 Å². The Bertz CT molecular complexity index is 2210. The molecule has 2 saturated heterocycles. The Hall–Kier alpha value is -4.65. The molecule has 0 unspecified atom stereocenters. The van der Waals surface area contributed by atoms with Crippen LogP contribution in [0.4, 0.5) is 17.2 Å². The molecule has 266 valence electrons. The summed E-state index contributed by atoms with van der Waals surface area (Å²) in [5.41, 5.74) is 13.1. The summed E-state index contributed by atoms with van der Waals surface area (Å²) in [7, 11) is 0. The number of nitrogens with one attached hydrogen (secondary N) is 2. The zero-order valence-corrected chi connectivity index (χ0v) is 31.7. The van der Waals surface area contributed by atoms with Gasteiger partial charge in [0.1, 0.15) is 0 Å². The number of hydrogen-bond donors (Lipinski definition) is 3. The summed E-state index contributed by atoms with van der Waals surface area (Å²) in [6, 6.07) is 19.3. The molecule has 3 aliphatic rings. The van der Waals surface area contributed by atoms with Crippen molar-refractivity contribution in [1.82, 2.24) is 24.8 Å². The molecule has 3 aliphatic heterocycles. The number of halogens is 1. The quantitative estimate of drug-likeness (QED) is 0.168. The van der Waals surface area contributed by atoms with E-state index in [2.05, 4.69) is 108 Å². The molecule has 2 aromatic carbocycles. The SMILES string of the molecule is Cc1c(NC2=C[I-]C=Cc3cc(CN4CCCC4)cnc32)cccc1-c1cccc(Nc2nccc3cc(CN4CC[C@@H](C(=O)O)C4)cnc23)c1C. The number of aliphatic carboxylic acids is 1. The molecule has 0 radical (unpaired) electrons. The standard InChI is InChI=1S/C42H43IN7O2/c1-27-34(7-5-9-36(27)47-38-21-43-14-11-31-19-29(22-45-39(31)38)24-49-16-3-4-17-49)35-8-6-10-37(28(35)2)48-41-40-32(12-15-44-41)20-30(23-46-40)25-50-18-13-33(26-50)42(51)52/h5-12,14-15,19-23,33,47H,3-4,13,16-18,24-26H2,1-2H3,(H,44,48)(H,51,52)/q-1/t33-/m1/s1. The normalized spacial score (nSPS) is 17.7. The maximum absolute atomic E-state index is 11.4. The van der Waals surface area contributed by atoms with Gasteiger partial charge in [0, 0.05) is 30.9 Å². The number of carboxylic acids is 1. The fourth-order valence-corrected chi connectivity index (χ4v) is 9.24. The van der Waals surface area contributed by atoms with Gasteiger partial charge in [0.05, 0.1) is 5.92 Å². The third-order valence-electron chi connectivity index (χ3n) is 10.5. The van der Waals surface area contributed by atoms with Crippen LogP contribution in [0.3, 0.4) is 0 Å². The average molecular weight is 805 g/mol. The van der Waals surface area contributed by atoms with Crippen LogP contribution in [0.25, 0.3) is 33.8 Å². The van der Waals surface area contributed by atoms with E-state index in [4.69, 9.17) is 9.97 Å². The van der Waals surface area contributed by atoms with Crippen molar-refractivity contribution in [3.05, 3.63) is 115 Å². The Morgan fingerprint density at radius 1 is 0.865 bits per heavy atom. The summed E-state index contributed by atoms with van der Waals surface area (Å²) in [5, 5.41) is 17.8. The summed E-state index contributed by atoms with van der Waals surface area (Å²) in [5.74, 6) is -0.299. The fourth-order valence-electron chi connectivity index (χ4n) is 7.62. The van der Waals surface area contributed by atoms with Crippen LogP contribution in [0.1, 0.15) is 52.8 Å². The molecule has 0 spiro atoms. The second kappa shape index (κ2) is 15.1. The van der Waals surface area contributed by atoms with Crippen molar-refractivity contribution < 1.29 is 31.1 Å². The average Bonchev–Trinajstić information content (AvgIpc) is 3.80. The van der Waals surface area contributed by atoms with E-state index < -0.39 is 5.97 Å². The van der Waals surface area contributed by atoms with Gasteiger partial charge in [-0.2, -0.15) is 0 Å². The summed E-state index contributed by atoms with van der Waals surface area (Å²) < 4.78 is 4.66. The number of benzene rings is 2. The van der Waals surface area contributed by atoms with Crippen LogP contribution in [-0.4, -0.2) is 62.0 Å². The first-order chi connectivity index (χ1) is 25.4. The second-order valence-corrected chi connectivity index (χ2v) is 16.1. The van der Waals surface area contributed by atoms with Gasteiger partial charge >= 0.3 is 229 Å². The first kappa shape index (κ1) is 34.4. The molecule has 2 fully saturated rings. The molecule has 5 aromatic rings. The minimum absolute atomic E-state index is 0.239.